The van der Waals surface area contributed by atoms with Crippen LogP contribution in [0.5, 0.6) is 5.75 Å². The first kappa shape index (κ1) is 23.1. The van der Waals surface area contributed by atoms with Crippen LogP contribution in [0.3, 0.4) is 0 Å². The zero-order valence-electron chi connectivity index (χ0n) is 18.3. The van der Waals surface area contributed by atoms with E-state index in [1.54, 1.807) is 17.9 Å². The number of nitrogens with zero attached hydrogens (tertiary/aromatic N) is 5. The summed E-state index contributed by atoms with van der Waals surface area (Å²) in [5, 5.41) is 15.6. The first-order chi connectivity index (χ1) is 16.0. The van der Waals surface area contributed by atoms with Gasteiger partial charge in [-0.2, -0.15) is 0 Å². The molecule has 0 radical (unpaired) electrons. The number of rotatable bonds is 8. The van der Waals surface area contributed by atoms with Gasteiger partial charge in [0.2, 0.25) is 11.0 Å². The van der Waals surface area contributed by atoms with Crippen molar-refractivity contribution in [3.05, 3.63) is 41.7 Å². The fourth-order valence-corrected chi connectivity index (χ4v) is 4.90. The van der Waals surface area contributed by atoms with Crippen LogP contribution in [-0.4, -0.2) is 70.6 Å². The Labute approximate surface area is 199 Å². The molecule has 3 heterocycles. The first-order valence-electron chi connectivity index (χ1n) is 10.4. The highest BCUT2D eigenvalue weighted by atomic mass is 32.2. The van der Waals surface area contributed by atoms with Crippen molar-refractivity contribution >= 4 is 45.9 Å². The van der Waals surface area contributed by atoms with Crippen molar-refractivity contribution in [2.45, 2.75) is 18.2 Å². The standard InChI is InChI=1S/C21H24N6O4S2/c1-14-4-3-5-16(10-14)30-12-19(29)26-6-8-27(9-7-26)20-23-24-21(33-20)32-13-18(28)22-17-11-15(2)31-25-17/h3-5,10-11H,6-9,12-13H2,1-2H3,(H,22,25,28). The molecule has 1 N–H and O–H groups in total. The number of aryl methyl sites for hydroxylation is 2. The van der Waals surface area contributed by atoms with E-state index in [9.17, 15) is 9.59 Å². The molecule has 1 aliphatic rings. The normalized spacial score (nSPS) is 13.8. The van der Waals surface area contributed by atoms with E-state index in [-0.39, 0.29) is 24.2 Å². The summed E-state index contributed by atoms with van der Waals surface area (Å²) < 4.78 is 11.3. The van der Waals surface area contributed by atoms with Crippen LogP contribution in [0, 0.1) is 13.8 Å². The lowest BCUT2D eigenvalue weighted by Gasteiger charge is -2.34. The maximum atomic E-state index is 12.5. The molecule has 1 aromatic carbocycles. The Morgan fingerprint density at radius 1 is 1.18 bits per heavy atom. The summed E-state index contributed by atoms with van der Waals surface area (Å²) in [6.45, 7) is 6.30. The molecule has 0 spiro atoms. The molecule has 33 heavy (non-hydrogen) atoms. The minimum absolute atomic E-state index is 0.0268. The van der Waals surface area contributed by atoms with Crippen LogP contribution < -0.4 is 15.0 Å². The summed E-state index contributed by atoms with van der Waals surface area (Å²) in [6.07, 6.45) is 0. The van der Waals surface area contributed by atoms with E-state index in [4.69, 9.17) is 9.26 Å². The van der Waals surface area contributed by atoms with Gasteiger partial charge in [-0.15, -0.1) is 10.2 Å². The Hall–Kier alpha value is -3.12. The lowest BCUT2D eigenvalue weighted by atomic mass is 10.2. The smallest absolute Gasteiger partial charge is 0.260 e. The van der Waals surface area contributed by atoms with Crippen LogP contribution in [0.1, 0.15) is 11.3 Å². The molecule has 0 bridgehead atoms. The van der Waals surface area contributed by atoms with E-state index in [2.05, 4.69) is 25.6 Å². The van der Waals surface area contributed by atoms with Crippen LogP contribution in [0.25, 0.3) is 0 Å². The molecule has 10 nitrogen and oxygen atoms in total. The quantitative estimate of drug-likeness (QED) is 0.478. The summed E-state index contributed by atoms with van der Waals surface area (Å²) in [5.41, 5.74) is 1.09. The predicted molar refractivity (Wildman–Crippen MR) is 126 cm³/mol. The topological polar surface area (TPSA) is 114 Å². The van der Waals surface area contributed by atoms with Gasteiger partial charge < -0.3 is 24.4 Å². The highest BCUT2D eigenvalue weighted by Crippen LogP contribution is 2.28. The summed E-state index contributed by atoms with van der Waals surface area (Å²) in [6, 6.07) is 9.31. The zero-order valence-corrected chi connectivity index (χ0v) is 19.9. The number of carbonyl (C=O) groups is 2. The van der Waals surface area contributed by atoms with E-state index in [0.29, 0.717) is 47.8 Å². The molecule has 2 amide bonds. The van der Waals surface area contributed by atoms with Crippen molar-refractivity contribution in [3.8, 4) is 5.75 Å². The van der Waals surface area contributed by atoms with Gasteiger partial charge in [0.25, 0.3) is 5.91 Å². The van der Waals surface area contributed by atoms with E-state index < -0.39 is 0 Å². The minimum Gasteiger partial charge on any atom is -0.484 e. The molecule has 174 valence electrons. The second kappa shape index (κ2) is 10.7. The highest BCUT2D eigenvalue weighted by Gasteiger charge is 2.24. The number of hydrogen-bond acceptors (Lipinski definition) is 10. The Morgan fingerprint density at radius 2 is 2.00 bits per heavy atom. The number of benzene rings is 1. The van der Waals surface area contributed by atoms with Crippen LogP contribution in [0.2, 0.25) is 0 Å². The number of ether oxygens (including phenoxy) is 1. The zero-order chi connectivity index (χ0) is 23.2. The fourth-order valence-electron chi connectivity index (χ4n) is 3.21. The number of aromatic nitrogens is 3. The van der Waals surface area contributed by atoms with Crippen molar-refractivity contribution in [1.82, 2.24) is 20.3 Å². The number of hydrogen-bond donors (Lipinski definition) is 1. The van der Waals surface area contributed by atoms with Gasteiger partial charge in [-0.1, -0.05) is 40.4 Å². The summed E-state index contributed by atoms with van der Waals surface area (Å²) >= 11 is 2.75. The lowest BCUT2D eigenvalue weighted by Crippen LogP contribution is -2.50. The van der Waals surface area contributed by atoms with E-state index in [1.165, 1.54) is 23.1 Å². The van der Waals surface area contributed by atoms with E-state index >= 15 is 0 Å². The van der Waals surface area contributed by atoms with Gasteiger partial charge in [-0.05, 0) is 31.5 Å². The molecule has 0 unspecified atom stereocenters. The van der Waals surface area contributed by atoms with Gasteiger partial charge in [0.15, 0.2) is 16.8 Å². The van der Waals surface area contributed by atoms with Gasteiger partial charge in [0, 0.05) is 32.2 Å². The molecular weight excluding hydrogens is 464 g/mol. The Morgan fingerprint density at radius 3 is 2.73 bits per heavy atom. The molecular formula is C21H24N6O4S2. The lowest BCUT2D eigenvalue weighted by molar-refractivity contribution is -0.133. The average Bonchev–Trinajstić information content (AvgIpc) is 3.45. The van der Waals surface area contributed by atoms with Crippen molar-refractivity contribution in [1.29, 1.82) is 0 Å². The van der Waals surface area contributed by atoms with Crippen molar-refractivity contribution in [2.24, 2.45) is 0 Å². The largest absolute Gasteiger partial charge is 0.484 e. The van der Waals surface area contributed by atoms with E-state index in [1.807, 2.05) is 31.2 Å². The van der Waals surface area contributed by atoms with Crippen molar-refractivity contribution in [3.63, 3.8) is 0 Å². The summed E-state index contributed by atoms with van der Waals surface area (Å²) in [7, 11) is 0. The molecule has 3 aromatic rings. The fraction of sp³-hybridized carbons (Fsp3) is 0.381. The van der Waals surface area contributed by atoms with Gasteiger partial charge in [0.05, 0.1) is 5.75 Å². The first-order valence-corrected chi connectivity index (χ1v) is 12.2. The maximum absolute atomic E-state index is 12.5. The highest BCUT2D eigenvalue weighted by molar-refractivity contribution is 8.01. The van der Waals surface area contributed by atoms with Crippen LogP contribution in [0.15, 0.2) is 39.2 Å². The molecule has 1 fully saturated rings. The summed E-state index contributed by atoms with van der Waals surface area (Å²) in [5.74, 6) is 1.71. The van der Waals surface area contributed by atoms with Gasteiger partial charge >= 0.3 is 0 Å². The Bertz CT molecular complexity index is 1110. The van der Waals surface area contributed by atoms with Gasteiger partial charge in [-0.3, -0.25) is 9.59 Å². The molecule has 12 heteroatoms. The molecule has 0 saturated carbocycles. The van der Waals surface area contributed by atoms with Gasteiger partial charge in [-0.25, -0.2) is 0 Å². The number of piperazine rings is 1. The number of carbonyl (C=O) groups excluding carboxylic acids is 2. The predicted octanol–water partition coefficient (Wildman–Crippen LogP) is 2.60. The third-order valence-electron chi connectivity index (χ3n) is 4.87. The molecule has 0 aliphatic carbocycles. The monoisotopic (exact) mass is 488 g/mol. The number of anilines is 2. The Kier molecular flexibility index (Phi) is 7.45. The van der Waals surface area contributed by atoms with Crippen LogP contribution in [-0.2, 0) is 9.59 Å². The van der Waals surface area contributed by atoms with Crippen molar-refractivity contribution < 1.29 is 18.8 Å². The second-order valence-corrected chi connectivity index (χ2v) is 9.66. The molecule has 2 aromatic heterocycles. The molecule has 1 aliphatic heterocycles. The third kappa shape index (κ3) is 6.45. The number of thioether (sulfide) groups is 1. The second-order valence-electron chi connectivity index (χ2n) is 7.48. The van der Waals surface area contributed by atoms with Gasteiger partial charge in [0.1, 0.15) is 11.5 Å². The number of nitrogens with one attached hydrogen (secondary N) is 1. The van der Waals surface area contributed by atoms with Crippen LogP contribution >= 0.6 is 23.1 Å². The number of amides is 2. The Balaban J connectivity index is 1.20. The molecule has 1 saturated heterocycles. The SMILES string of the molecule is Cc1cccc(OCC(=O)N2CCN(c3nnc(SCC(=O)Nc4cc(C)on4)s3)CC2)c1. The average molecular weight is 489 g/mol. The van der Waals surface area contributed by atoms with Crippen LogP contribution in [0.4, 0.5) is 10.9 Å². The third-order valence-corrected chi connectivity index (χ3v) is 6.99. The summed E-state index contributed by atoms with van der Waals surface area (Å²) in [4.78, 5) is 28.4. The minimum atomic E-state index is -0.190. The molecule has 4 rings (SSSR count). The maximum Gasteiger partial charge on any atom is 0.260 e. The molecule has 0 atom stereocenters. The van der Waals surface area contributed by atoms with E-state index in [0.717, 1.165) is 10.7 Å². The van der Waals surface area contributed by atoms with Crippen molar-refractivity contribution in [2.75, 3.05) is 48.8 Å².